The molecule has 1 aromatic heterocycles. The molecule has 0 fully saturated rings. The zero-order valence-electron chi connectivity index (χ0n) is 14.7. The molecular formula is C19H23NO5. The lowest BCUT2D eigenvalue weighted by Crippen LogP contribution is -2.23. The Kier molecular flexibility index (Phi) is 6.22. The van der Waals surface area contributed by atoms with Gasteiger partial charge in [-0.2, -0.15) is 0 Å². The average molecular weight is 345 g/mol. The molecule has 0 aliphatic rings. The number of ketones is 1. The van der Waals surface area contributed by atoms with Crippen LogP contribution in [0.25, 0.3) is 0 Å². The van der Waals surface area contributed by atoms with Crippen molar-refractivity contribution in [3.8, 4) is 17.4 Å². The summed E-state index contributed by atoms with van der Waals surface area (Å²) >= 11 is 0. The molecule has 1 atom stereocenters. The number of Topliss-reactive ketones (excluding diaryl/α,β-unsaturated/α-hetero) is 1. The molecule has 0 radical (unpaired) electrons. The lowest BCUT2D eigenvalue weighted by Gasteiger charge is -2.14. The van der Waals surface area contributed by atoms with E-state index in [1.807, 2.05) is 30.3 Å². The van der Waals surface area contributed by atoms with Crippen LogP contribution in [0, 0.1) is 5.92 Å². The lowest BCUT2D eigenvalue weighted by molar-refractivity contribution is 0.0917. The zero-order chi connectivity index (χ0) is 18.4. The topological polar surface area (TPSA) is 88.6 Å². The first kappa shape index (κ1) is 18.6. The molecule has 0 amide bonds. The molecule has 0 spiro atoms. The summed E-state index contributed by atoms with van der Waals surface area (Å²) in [5.74, 6) is -1.36. The number of nitrogens with one attached hydrogen (secondary N) is 1. The molecule has 2 N–H and O–H groups in total. The number of rotatable bonds is 8. The Bertz CT molecular complexity index is 782. The van der Waals surface area contributed by atoms with Gasteiger partial charge in [-0.15, -0.1) is 0 Å². The number of hydrogen-bond acceptors (Lipinski definition) is 5. The van der Waals surface area contributed by atoms with Gasteiger partial charge in [0.2, 0.25) is 11.6 Å². The number of ether oxygens (including phenoxy) is 2. The first-order valence-corrected chi connectivity index (χ1v) is 8.15. The minimum Gasteiger partial charge on any atom is -0.503 e. The van der Waals surface area contributed by atoms with E-state index in [1.54, 1.807) is 6.92 Å². The highest BCUT2D eigenvalue weighted by Crippen LogP contribution is 2.36. The average Bonchev–Trinajstić information content (AvgIpc) is 2.61. The van der Waals surface area contributed by atoms with E-state index < -0.39 is 23.0 Å². The molecule has 2 rings (SSSR count). The number of aromatic amines is 1. The Morgan fingerprint density at radius 3 is 2.48 bits per heavy atom. The predicted molar refractivity (Wildman–Crippen MR) is 94.7 cm³/mol. The van der Waals surface area contributed by atoms with Gasteiger partial charge in [0.25, 0.3) is 5.56 Å². The van der Waals surface area contributed by atoms with Gasteiger partial charge in [-0.25, -0.2) is 0 Å². The summed E-state index contributed by atoms with van der Waals surface area (Å²) in [6.45, 7) is 1.75. The third kappa shape index (κ3) is 4.21. The summed E-state index contributed by atoms with van der Waals surface area (Å²) in [4.78, 5) is 27.2. The van der Waals surface area contributed by atoms with Crippen molar-refractivity contribution in [3.63, 3.8) is 0 Å². The Morgan fingerprint density at radius 1 is 1.20 bits per heavy atom. The van der Waals surface area contributed by atoms with Crippen LogP contribution in [0.15, 0.2) is 35.1 Å². The van der Waals surface area contributed by atoms with Crippen molar-refractivity contribution < 1.29 is 19.4 Å². The molecule has 0 bridgehead atoms. The number of benzene rings is 1. The van der Waals surface area contributed by atoms with E-state index in [0.717, 1.165) is 12.8 Å². The Labute approximate surface area is 146 Å². The van der Waals surface area contributed by atoms with E-state index in [0.29, 0.717) is 6.42 Å². The monoisotopic (exact) mass is 345 g/mol. The van der Waals surface area contributed by atoms with Crippen molar-refractivity contribution >= 4 is 5.78 Å². The fraction of sp³-hybridized carbons (Fsp3) is 0.368. The number of aryl methyl sites for hydroxylation is 1. The minimum atomic E-state index is -0.685. The standard InChI is InChI=1S/C19H23NO5/c1-12(8-7-11-13-9-5-4-6-10-13)15(21)14-16(22)17(24-2)19(25-3)20-18(14)23/h4-6,9-10,12H,7-8,11H2,1-3H3,(H2,20,22,23). The van der Waals surface area contributed by atoms with E-state index in [9.17, 15) is 14.7 Å². The Morgan fingerprint density at radius 2 is 1.88 bits per heavy atom. The van der Waals surface area contributed by atoms with Crippen molar-refractivity contribution in [3.05, 3.63) is 51.8 Å². The number of pyridine rings is 1. The quantitative estimate of drug-likeness (QED) is 0.718. The molecule has 0 aliphatic carbocycles. The van der Waals surface area contributed by atoms with E-state index in [1.165, 1.54) is 19.8 Å². The zero-order valence-corrected chi connectivity index (χ0v) is 14.7. The maximum Gasteiger partial charge on any atom is 0.265 e. The Balaban J connectivity index is 2.12. The van der Waals surface area contributed by atoms with Crippen molar-refractivity contribution in [2.75, 3.05) is 14.2 Å². The van der Waals surface area contributed by atoms with Crippen molar-refractivity contribution in [1.82, 2.24) is 4.98 Å². The number of carbonyl (C=O) groups excluding carboxylic acids is 1. The SMILES string of the molecule is COc1[nH]c(=O)c(C(=O)C(C)CCCc2ccccc2)c(O)c1OC. The second kappa shape index (κ2) is 8.37. The smallest absolute Gasteiger partial charge is 0.265 e. The third-order valence-corrected chi connectivity index (χ3v) is 4.16. The third-order valence-electron chi connectivity index (χ3n) is 4.16. The molecule has 25 heavy (non-hydrogen) atoms. The van der Waals surface area contributed by atoms with Crippen molar-refractivity contribution in [2.45, 2.75) is 26.2 Å². The molecule has 1 aromatic carbocycles. The van der Waals surface area contributed by atoms with Crippen LogP contribution in [-0.4, -0.2) is 30.1 Å². The molecule has 1 heterocycles. The van der Waals surface area contributed by atoms with E-state index >= 15 is 0 Å². The minimum absolute atomic E-state index is 0.0155. The fourth-order valence-electron chi connectivity index (χ4n) is 2.75. The van der Waals surface area contributed by atoms with Crippen LogP contribution in [0.3, 0.4) is 0 Å². The number of aromatic hydroxyl groups is 1. The van der Waals surface area contributed by atoms with Crippen molar-refractivity contribution in [2.24, 2.45) is 5.92 Å². The van der Waals surface area contributed by atoms with Gasteiger partial charge in [0.1, 0.15) is 5.56 Å². The number of methoxy groups -OCH3 is 2. The van der Waals surface area contributed by atoms with E-state index in [2.05, 4.69) is 4.98 Å². The molecule has 1 unspecified atom stereocenters. The predicted octanol–water partition coefficient (Wildman–Crippen LogP) is 2.94. The summed E-state index contributed by atoms with van der Waals surface area (Å²) in [5, 5.41) is 10.3. The highest BCUT2D eigenvalue weighted by molar-refractivity contribution is 6.00. The first-order valence-electron chi connectivity index (χ1n) is 8.15. The summed E-state index contributed by atoms with van der Waals surface area (Å²) in [7, 11) is 2.66. The van der Waals surface area contributed by atoms with Gasteiger partial charge in [-0.1, -0.05) is 37.3 Å². The molecular weight excluding hydrogens is 322 g/mol. The van der Waals surface area contributed by atoms with Gasteiger partial charge in [0.05, 0.1) is 14.2 Å². The van der Waals surface area contributed by atoms with Crippen LogP contribution in [0.4, 0.5) is 0 Å². The van der Waals surface area contributed by atoms with Crippen LogP contribution in [0.5, 0.6) is 17.4 Å². The first-order chi connectivity index (χ1) is 12.0. The van der Waals surface area contributed by atoms with Crippen molar-refractivity contribution in [1.29, 1.82) is 0 Å². The normalized spacial score (nSPS) is 11.8. The Hall–Kier alpha value is -2.76. The number of H-pyrrole nitrogens is 1. The molecule has 134 valence electrons. The number of carbonyl (C=O) groups is 1. The maximum absolute atomic E-state index is 12.6. The van der Waals surface area contributed by atoms with Crippen LogP contribution < -0.4 is 15.0 Å². The van der Waals surface area contributed by atoms with Crippen LogP contribution in [-0.2, 0) is 6.42 Å². The largest absolute Gasteiger partial charge is 0.503 e. The molecule has 6 heteroatoms. The lowest BCUT2D eigenvalue weighted by atomic mass is 9.93. The van der Waals surface area contributed by atoms with Gasteiger partial charge < -0.3 is 14.6 Å². The molecule has 0 saturated heterocycles. The van der Waals surface area contributed by atoms with Crippen LogP contribution >= 0.6 is 0 Å². The van der Waals surface area contributed by atoms with Gasteiger partial charge in [0.15, 0.2) is 11.5 Å². The van der Waals surface area contributed by atoms with Gasteiger partial charge >= 0.3 is 0 Å². The molecule has 0 saturated carbocycles. The summed E-state index contributed by atoms with van der Waals surface area (Å²) in [6.07, 6.45) is 2.27. The summed E-state index contributed by atoms with van der Waals surface area (Å²) in [5.41, 5.74) is 0.230. The maximum atomic E-state index is 12.6. The highest BCUT2D eigenvalue weighted by Gasteiger charge is 2.27. The van der Waals surface area contributed by atoms with Gasteiger partial charge in [-0.05, 0) is 24.8 Å². The fourth-order valence-corrected chi connectivity index (χ4v) is 2.75. The van der Waals surface area contributed by atoms with E-state index in [-0.39, 0.29) is 17.2 Å². The van der Waals surface area contributed by atoms with E-state index in [4.69, 9.17) is 9.47 Å². The van der Waals surface area contributed by atoms with Crippen LogP contribution in [0.2, 0.25) is 0 Å². The molecule has 2 aromatic rings. The summed E-state index contributed by atoms with van der Waals surface area (Å²) in [6, 6.07) is 9.99. The molecule has 0 aliphatic heterocycles. The number of aromatic nitrogens is 1. The number of hydrogen-bond donors (Lipinski definition) is 2. The van der Waals surface area contributed by atoms with Gasteiger partial charge in [-0.3, -0.25) is 14.6 Å². The summed E-state index contributed by atoms with van der Waals surface area (Å²) < 4.78 is 9.99. The van der Waals surface area contributed by atoms with Gasteiger partial charge in [0, 0.05) is 5.92 Å². The highest BCUT2D eigenvalue weighted by atomic mass is 16.5. The second-order valence-electron chi connectivity index (χ2n) is 5.89. The van der Waals surface area contributed by atoms with Crippen LogP contribution in [0.1, 0.15) is 35.7 Å². The molecule has 6 nitrogen and oxygen atoms in total. The second-order valence-corrected chi connectivity index (χ2v) is 5.89.